The minimum atomic E-state index is -0.167. The van der Waals surface area contributed by atoms with E-state index in [1.807, 2.05) is 86.6 Å². The SMILES string of the molecule is C1CC2CCC1C2.CC(C)(c1ccc(Oc2ccc(N)cc2)cc1)c1ccc(Oc2ccc(N)cc2)cc1.CCN.CCN. The average molecular weight is 597 g/mol. The molecule has 6 nitrogen and oxygen atoms in total. The third-order valence-electron chi connectivity index (χ3n) is 8.02. The van der Waals surface area contributed by atoms with Crippen molar-refractivity contribution in [1.29, 1.82) is 0 Å². The fourth-order valence-electron chi connectivity index (χ4n) is 5.56. The van der Waals surface area contributed by atoms with Gasteiger partial charge in [0.25, 0.3) is 0 Å². The number of nitrogen functional groups attached to an aromatic ring is 2. The zero-order valence-corrected chi connectivity index (χ0v) is 27.0. The number of benzene rings is 4. The highest BCUT2D eigenvalue weighted by molar-refractivity contribution is 5.46. The first-order valence-electron chi connectivity index (χ1n) is 15.9. The molecule has 4 aromatic rings. The van der Waals surface area contributed by atoms with Crippen LogP contribution in [0.4, 0.5) is 11.4 Å². The van der Waals surface area contributed by atoms with Crippen LogP contribution in [0.25, 0.3) is 0 Å². The van der Waals surface area contributed by atoms with Crippen molar-refractivity contribution in [1.82, 2.24) is 0 Å². The van der Waals surface area contributed by atoms with Crippen LogP contribution in [0.3, 0.4) is 0 Å². The van der Waals surface area contributed by atoms with Gasteiger partial charge in [-0.05, 0) is 115 Å². The van der Waals surface area contributed by atoms with Crippen LogP contribution in [0.2, 0.25) is 0 Å². The molecule has 2 saturated carbocycles. The van der Waals surface area contributed by atoms with Crippen LogP contribution in [0.5, 0.6) is 23.0 Å². The van der Waals surface area contributed by atoms with E-state index < -0.39 is 0 Å². The summed E-state index contributed by atoms with van der Waals surface area (Å²) in [6.07, 6.45) is 7.82. The molecule has 0 spiro atoms. The van der Waals surface area contributed by atoms with E-state index >= 15 is 0 Å². The lowest BCUT2D eigenvalue weighted by molar-refractivity contribution is 0.480. The van der Waals surface area contributed by atoms with Crippen molar-refractivity contribution in [3.8, 4) is 23.0 Å². The summed E-state index contributed by atoms with van der Waals surface area (Å²) in [5.41, 5.74) is 24.8. The molecule has 0 aromatic heterocycles. The Morgan fingerprint density at radius 2 is 0.773 bits per heavy atom. The first-order valence-corrected chi connectivity index (χ1v) is 15.9. The van der Waals surface area contributed by atoms with E-state index in [0.29, 0.717) is 11.4 Å². The van der Waals surface area contributed by atoms with E-state index in [1.165, 1.54) is 23.0 Å². The fraction of sp³-hybridized carbons (Fsp3) is 0.368. The molecule has 0 unspecified atom stereocenters. The molecule has 6 heteroatoms. The van der Waals surface area contributed by atoms with Crippen molar-refractivity contribution >= 4 is 11.4 Å². The van der Waals surface area contributed by atoms with Crippen LogP contribution < -0.4 is 32.4 Å². The van der Waals surface area contributed by atoms with E-state index in [2.05, 4.69) is 38.1 Å². The lowest BCUT2D eigenvalue weighted by Gasteiger charge is -2.26. The summed E-state index contributed by atoms with van der Waals surface area (Å²) in [7, 11) is 0. The number of hydrogen-bond donors (Lipinski definition) is 4. The van der Waals surface area contributed by atoms with Gasteiger partial charge in [0.2, 0.25) is 0 Å². The molecule has 0 aliphatic heterocycles. The Kier molecular flexibility index (Phi) is 13.6. The summed E-state index contributed by atoms with van der Waals surface area (Å²) in [5, 5.41) is 0. The molecule has 0 saturated heterocycles. The third-order valence-corrected chi connectivity index (χ3v) is 8.02. The van der Waals surface area contributed by atoms with Crippen LogP contribution in [0.15, 0.2) is 97.1 Å². The van der Waals surface area contributed by atoms with Gasteiger partial charge in [-0.15, -0.1) is 0 Å². The molecular weight excluding hydrogens is 544 g/mol. The van der Waals surface area contributed by atoms with Gasteiger partial charge in [0.15, 0.2) is 0 Å². The fourth-order valence-corrected chi connectivity index (χ4v) is 5.56. The van der Waals surface area contributed by atoms with Crippen LogP contribution in [-0.4, -0.2) is 13.1 Å². The van der Waals surface area contributed by atoms with Crippen molar-refractivity contribution in [3.63, 3.8) is 0 Å². The molecular formula is C38H52N4O2. The monoisotopic (exact) mass is 596 g/mol. The Bertz CT molecular complexity index is 1240. The van der Waals surface area contributed by atoms with Gasteiger partial charge in [0.1, 0.15) is 23.0 Å². The Labute approximate surface area is 264 Å². The van der Waals surface area contributed by atoms with Gasteiger partial charge in [-0.1, -0.05) is 77.6 Å². The smallest absolute Gasteiger partial charge is 0.127 e. The highest BCUT2D eigenvalue weighted by atomic mass is 16.5. The van der Waals surface area contributed by atoms with Gasteiger partial charge in [-0.3, -0.25) is 0 Å². The van der Waals surface area contributed by atoms with Gasteiger partial charge in [-0.25, -0.2) is 0 Å². The van der Waals surface area contributed by atoms with Gasteiger partial charge in [-0.2, -0.15) is 0 Å². The maximum atomic E-state index is 5.91. The van der Waals surface area contributed by atoms with Crippen molar-refractivity contribution < 1.29 is 9.47 Å². The Hall–Kier alpha value is -4.00. The Morgan fingerprint density at radius 3 is 1.00 bits per heavy atom. The molecule has 2 bridgehead atoms. The predicted molar refractivity (Wildman–Crippen MR) is 186 cm³/mol. The van der Waals surface area contributed by atoms with Crippen LogP contribution in [0.1, 0.15) is 70.9 Å². The number of nitrogens with two attached hydrogens (primary N) is 4. The maximum Gasteiger partial charge on any atom is 0.127 e. The molecule has 6 rings (SSSR count). The summed E-state index contributed by atoms with van der Waals surface area (Å²) >= 11 is 0. The number of rotatable bonds is 6. The summed E-state index contributed by atoms with van der Waals surface area (Å²) in [6, 6.07) is 31.1. The van der Waals surface area contributed by atoms with Crippen LogP contribution in [-0.2, 0) is 5.41 Å². The highest BCUT2D eigenvalue weighted by Crippen LogP contribution is 2.44. The molecule has 8 N–H and O–H groups in total. The second kappa shape index (κ2) is 17.3. The summed E-state index contributed by atoms with van der Waals surface area (Å²) in [5.74, 6) is 5.44. The molecule has 2 fully saturated rings. The number of hydrogen-bond acceptors (Lipinski definition) is 6. The number of fused-ring (bicyclic) bond motifs is 2. The van der Waals surface area contributed by atoms with Gasteiger partial charge < -0.3 is 32.4 Å². The topological polar surface area (TPSA) is 123 Å². The molecule has 0 atom stereocenters. The number of ether oxygens (including phenoxy) is 2. The van der Waals surface area contributed by atoms with Crippen molar-refractivity contribution in [2.45, 2.75) is 65.2 Å². The van der Waals surface area contributed by atoms with Crippen molar-refractivity contribution in [2.75, 3.05) is 24.6 Å². The largest absolute Gasteiger partial charge is 0.457 e. The van der Waals surface area contributed by atoms with Crippen molar-refractivity contribution in [2.24, 2.45) is 23.3 Å². The van der Waals surface area contributed by atoms with E-state index in [-0.39, 0.29) is 5.41 Å². The van der Waals surface area contributed by atoms with Gasteiger partial charge >= 0.3 is 0 Å². The first kappa shape index (κ1) is 34.5. The molecule has 0 amide bonds. The minimum absolute atomic E-state index is 0.167. The summed E-state index contributed by atoms with van der Waals surface area (Å²) < 4.78 is 11.8. The van der Waals surface area contributed by atoms with Crippen LogP contribution >= 0.6 is 0 Å². The molecule has 2 aliphatic rings. The standard InChI is InChI=1S/C27H26N2O2.C7H12.2C2H7N/c1-27(2,19-3-11-23(12-4-19)30-25-15-7-21(28)8-16-25)20-5-13-24(14-6-20)31-26-17-9-22(29)10-18-26;1-2-7-4-3-6(1)5-7;2*1-2-3/h3-18H,28-29H2,1-2H3;6-7H,1-5H2;2*2-3H2,1H3. The molecule has 44 heavy (non-hydrogen) atoms. The first-order chi connectivity index (χ1) is 21.2. The highest BCUT2D eigenvalue weighted by Gasteiger charge is 2.30. The summed E-state index contributed by atoms with van der Waals surface area (Å²) in [6.45, 7) is 9.72. The lowest BCUT2D eigenvalue weighted by atomic mass is 9.78. The normalized spacial score (nSPS) is 16.3. The molecule has 2 aliphatic carbocycles. The Morgan fingerprint density at radius 1 is 0.523 bits per heavy atom. The summed E-state index contributed by atoms with van der Waals surface area (Å²) in [4.78, 5) is 0. The third kappa shape index (κ3) is 10.6. The van der Waals surface area contributed by atoms with E-state index in [4.69, 9.17) is 32.4 Å². The Balaban J connectivity index is 0.000000337. The van der Waals surface area contributed by atoms with E-state index in [9.17, 15) is 0 Å². The lowest BCUT2D eigenvalue weighted by Crippen LogP contribution is -2.18. The maximum absolute atomic E-state index is 5.91. The number of anilines is 2. The predicted octanol–water partition coefficient (Wildman–Crippen LogP) is 8.89. The average Bonchev–Trinajstić information content (AvgIpc) is 3.68. The molecule has 0 radical (unpaired) electrons. The van der Waals surface area contributed by atoms with Gasteiger partial charge in [0.05, 0.1) is 0 Å². The zero-order chi connectivity index (χ0) is 32.0. The van der Waals surface area contributed by atoms with E-state index in [0.717, 1.165) is 36.1 Å². The van der Waals surface area contributed by atoms with Crippen molar-refractivity contribution in [3.05, 3.63) is 108 Å². The second-order valence-corrected chi connectivity index (χ2v) is 12.0. The zero-order valence-electron chi connectivity index (χ0n) is 27.0. The van der Waals surface area contributed by atoms with Crippen LogP contribution in [0, 0.1) is 11.8 Å². The van der Waals surface area contributed by atoms with Gasteiger partial charge in [0, 0.05) is 16.8 Å². The minimum Gasteiger partial charge on any atom is -0.457 e. The second-order valence-electron chi connectivity index (χ2n) is 12.0. The van der Waals surface area contributed by atoms with E-state index in [1.54, 1.807) is 32.1 Å². The quantitative estimate of drug-likeness (QED) is 0.165. The molecule has 4 aromatic carbocycles. The molecule has 236 valence electrons. The molecule has 0 heterocycles.